The minimum Gasteiger partial charge on any atom is -0.302 e. The first-order valence-electron chi connectivity index (χ1n) is 6.87. The number of hydrogen-bond acceptors (Lipinski definition) is 2. The number of likely N-dealkylation sites (tertiary alicyclic amines) is 1. The van der Waals surface area contributed by atoms with E-state index < -0.39 is 0 Å². The van der Waals surface area contributed by atoms with Gasteiger partial charge in [-0.15, -0.1) is 0 Å². The molecular weight excluding hydrogens is 222 g/mol. The van der Waals surface area contributed by atoms with Crippen molar-refractivity contribution in [1.29, 1.82) is 0 Å². The van der Waals surface area contributed by atoms with Crippen molar-refractivity contribution >= 4 is 0 Å². The Kier molecular flexibility index (Phi) is 3.09. The Hall–Kier alpha value is -0.830. The summed E-state index contributed by atoms with van der Waals surface area (Å²) < 4.78 is 2.20. The van der Waals surface area contributed by atoms with E-state index in [1.165, 1.54) is 11.3 Å². The van der Waals surface area contributed by atoms with Gasteiger partial charge in [0.2, 0.25) is 0 Å². The third-order valence-corrected chi connectivity index (χ3v) is 3.67. The molecule has 102 valence electrons. The van der Waals surface area contributed by atoms with Gasteiger partial charge in [0, 0.05) is 24.7 Å². The van der Waals surface area contributed by atoms with Crippen molar-refractivity contribution in [3.05, 3.63) is 17.5 Å². The van der Waals surface area contributed by atoms with Gasteiger partial charge in [0.15, 0.2) is 0 Å². The number of likely N-dealkylation sites (N-methyl/N-ethyl adjacent to an activating group) is 1. The third-order valence-electron chi connectivity index (χ3n) is 3.67. The van der Waals surface area contributed by atoms with Gasteiger partial charge in [-0.2, -0.15) is 5.10 Å². The molecular formula is C15H27N3. The van der Waals surface area contributed by atoms with E-state index >= 15 is 0 Å². The second kappa shape index (κ2) is 4.09. The van der Waals surface area contributed by atoms with Crippen molar-refractivity contribution < 1.29 is 0 Å². The lowest BCUT2D eigenvalue weighted by atomic mass is 9.80. The lowest BCUT2D eigenvalue weighted by Gasteiger charge is -2.36. The first-order chi connectivity index (χ1) is 8.09. The molecule has 1 aliphatic heterocycles. The number of hydrogen-bond donors (Lipinski definition) is 0. The van der Waals surface area contributed by atoms with Crippen LogP contribution in [-0.4, -0.2) is 34.8 Å². The molecule has 3 heteroatoms. The molecule has 0 N–H and O–H groups in total. The molecule has 2 heterocycles. The van der Waals surface area contributed by atoms with E-state index in [1.54, 1.807) is 0 Å². The number of rotatable bonds is 1. The zero-order valence-corrected chi connectivity index (χ0v) is 12.9. The predicted molar refractivity (Wildman–Crippen MR) is 76.2 cm³/mol. The van der Waals surface area contributed by atoms with Gasteiger partial charge in [-0.05, 0) is 18.0 Å². The van der Waals surface area contributed by atoms with Crippen LogP contribution in [0.2, 0.25) is 0 Å². The van der Waals surface area contributed by atoms with Crippen LogP contribution in [0.15, 0.2) is 6.20 Å². The molecule has 0 spiro atoms. The molecule has 0 aliphatic carbocycles. The minimum absolute atomic E-state index is 0.115. The fourth-order valence-corrected chi connectivity index (χ4v) is 2.51. The zero-order valence-electron chi connectivity index (χ0n) is 12.9. The van der Waals surface area contributed by atoms with Gasteiger partial charge in [0.1, 0.15) is 0 Å². The van der Waals surface area contributed by atoms with Crippen molar-refractivity contribution in [1.82, 2.24) is 14.7 Å². The molecule has 1 aliphatic rings. The van der Waals surface area contributed by atoms with Crippen molar-refractivity contribution in [2.24, 2.45) is 0 Å². The third kappa shape index (κ3) is 2.46. The van der Waals surface area contributed by atoms with Crippen LogP contribution in [0, 0.1) is 0 Å². The molecule has 0 saturated carbocycles. The second-order valence-electron chi connectivity index (χ2n) is 7.75. The molecule has 0 unspecified atom stereocenters. The van der Waals surface area contributed by atoms with E-state index in [1.807, 2.05) is 0 Å². The Morgan fingerprint density at radius 3 is 1.94 bits per heavy atom. The Morgan fingerprint density at radius 2 is 1.61 bits per heavy atom. The van der Waals surface area contributed by atoms with Crippen LogP contribution in [0.4, 0.5) is 0 Å². The summed E-state index contributed by atoms with van der Waals surface area (Å²) in [4.78, 5) is 2.33. The van der Waals surface area contributed by atoms with Gasteiger partial charge in [-0.1, -0.05) is 41.5 Å². The molecule has 3 nitrogen and oxygen atoms in total. The second-order valence-corrected chi connectivity index (χ2v) is 7.75. The zero-order chi connectivity index (χ0) is 13.7. The van der Waals surface area contributed by atoms with Gasteiger partial charge in [-0.3, -0.25) is 4.68 Å². The molecule has 18 heavy (non-hydrogen) atoms. The van der Waals surface area contributed by atoms with E-state index in [4.69, 9.17) is 5.10 Å². The molecule has 1 fully saturated rings. The van der Waals surface area contributed by atoms with Gasteiger partial charge in [0.25, 0.3) is 0 Å². The molecule has 1 aromatic heterocycles. The van der Waals surface area contributed by atoms with Crippen LogP contribution in [0.1, 0.15) is 58.8 Å². The highest BCUT2D eigenvalue weighted by Gasteiger charge is 2.32. The maximum Gasteiger partial charge on any atom is 0.0772 e. The van der Waals surface area contributed by atoms with E-state index in [0.29, 0.717) is 6.04 Å². The van der Waals surface area contributed by atoms with Crippen LogP contribution in [0.5, 0.6) is 0 Å². The summed E-state index contributed by atoms with van der Waals surface area (Å²) >= 11 is 0. The fraction of sp³-hybridized carbons (Fsp3) is 0.800. The normalized spacial score (nSPS) is 19.1. The highest BCUT2D eigenvalue weighted by atomic mass is 15.4. The van der Waals surface area contributed by atoms with Crippen molar-refractivity contribution in [3.63, 3.8) is 0 Å². The molecule has 0 amide bonds. The van der Waals surface area contributed by atoms with Crippen LogP contribution in [0.3, 0.4) is 0 Å². The molecule has 0 atom stereocenters. The maximum absolute atomic E-state index is 4.89. The van der Waals surface area contributed by atoms with E-state index in [-0.39, 0.29) is 10.8 Å². The summed E-state index contributed by atoms with van der Waals surface area (Å²) in [5.41, 5.74) is 2.93. The van der Waals surface area contributed by atoms with E-state index in [2.05, 4.69) is 64.4 Å². The maximum atomic E-state index is 4.89. The Labute approximate surface area is 111 Å². The average molecular weight is 249 g/mol. The molecule has 0 aromatic carbocycles. The lowest BCUT2D eigenvalue weighted by Crippen LogP contribution is -2.45. The van der Waals surface area contributed by atoms with Gasteiger partial charge in [-0.25, -0.2) is 0 Å². The first-order valence-corrected chi connectivity index (χ1v) is 6.87. The van der Waals surface area contributed by atoms with Crippen molar-refractivity contribution in [3.8, 4) is 0 Å². The summed E-state index contributed by atoms with van der Waals surface area (Å²) in [5.74, 6) is 0. The topological polar surface area (TPSA) is 21.1 Å². The van der Waals surface area contributed by atoms with E-state index in [9.17, 15) is 0 Å². The summed E-state index contributed by atoms with van der Waals surface area (Å²) in [6.07, 6.45) is 2.28. The summed E-state index contributed by atoms with van der Waals surface area (Å²) in [6.45, 7) is 15.8. The largest absolute Gasteiger partial charge is 0.302 e. The summed E-state index contributed by atoms with van der Waals surface area (Å²) in [7, 11) is 2.16. The quantitative estimate of drug-likeness (QED) is 0.763. The van der Waals surface area contributed by atoms with Crippen LogP contribution < -0.4 is 0 Å². The Morgan fingerprint density at radius 1 is 1.06 bits per heavy atom. The van der Waals surface area contributed by atoms with Crippen molar-refractivity contribution in [2.45, 2.75) is 58.4 Å². The first kappa shape index (κ1) is 13.6. The molecule has 1 saturated heterocycles. The fourth-order valence-electron chi connectivity index (χ4n) is 2.51. The van der Waals surface area contributed by atoms with Crippen molar-refractivity contribution in [2.75, 3.05) is 20.1 Å². The molecule has 0 bridgehead atoms. The SMILES string of the molecule is CN1CC(n2cc(C(C)(C)C)c(C(C)(C)C)n2)C1. The van der Waals surface area contributed by atoms with Crippen LogP contribution in [0.25, 0.3) is 0 Å². The van der Waals surface area contributed by atoms with Gasteiger partial charge in [0.05, 0.1) is 11.7 Å². The average Bonchev–Trinajstić information content (AvgIpc) is 2.55. The standard InChI is InChI=1S/C15H27N3/c1-14(2,3)12-10-18(11-8-17(7)9-11)16-13(12)15(4,5)6/h10-11H,8-9H2,1-7H3. The molecule has 0 radical (unpaired) electrons. The van der Waals surface area contributed by atoms with E-state index in [0.717, 1.165) is 13.1 Å². The van der Waals surface area contributed by atoms with Gasteiger partial charge >= 0.3 is 0 Å². The smallest absolute Gasteiger partial charge is 0.0772 e. The minimum atomic E-state index is 0.115. The van der Waals surface area contributed by atoms with Gasteiger partial charge < -0.3 is 4.90 Å². The highest BCUT2D eigenvalue weighted by Crippen LogP contribution is 2.34. The number of nitrogens with zero attached hydrogens (tertiary/aromatic N) is 3. The summed E-state index contributed by atoms with van der Waals surface area (Å²) in [6, 6.07) is 0.562. The highest BCUT2D eigenvalue weighted by molar-refractivity contribution is 5.30. The monoisotopic (exact) mass is 249 g/mol. The molecule has 2 rings (SSSR count). The molecule has 1 aromatic rings. The lowest BCUT2D eigenvalue weighted by molar-refractivity contribution is 0.130. The Bertz CT molecular complexity index is 394. The van der Waals surface area contributed by atoms with Crippen LogP contribution in [-0.2, 0) is 10.8 Å². The predicted octanol–water partition coefficient (Wildman–Crippen LogP) is 2.96. The summed E-state index contributed by atoms with van der Waals surface area (Å²) in [5, 5.41) is 4.89. The Balaban J connectivity index is 2.39. The van der Waals surface area contributed by atoms with Crippen LogP contribution >= 0.6 is 0 Å². The number of aromatic nitrogens is 2.